The van der Waals surface area contributed by atoms with Gasteiger partial charge in [-0.2, -0.15) is 5.26 Å². The van der Waals surface area contributed by atoms with Crippen molar-refractivity contribution >= 4 is 12.0 Å². The third-order valence-electron chi connectivity index (χ3n) is 3.47. The molecule has 1 aliphatic heterocycles. The van der Waals surface area contributed by atoms with Crippen LogP contribution < -0.4 is 4.90 Å². The average Bonchev–Trinajstić information content (AvgIpc) is 2.38. The number of nitriles is 1. The Morgan fingerprint density at radius 1 is 1.11 bits per heavy atom. The second-order valence-corrected chi connectivity index (χ2v) is 4.76. The molecule has 0 aromatic heterocycles. The largest absolute Gasteiger partial charge is 0.370 e. The maximum absolute atomic E-state index is 10.7. The predicted molar refractivity (Wildman–Crippen MR) is 71.8 cm³/mol. The van der Waals surface area contributed by atoms with Gasteiger partial charge in [-0.3, -0.25) is 4.79 Å². The lowest BCUT2D eigenvalue weighted by molar-refractivity contribution is 0.112. The monoisotopic (exact) mass is 242 g/mol. The van der Waals surface area contributed by atoms with E-state index in [1.165, 1.54) is 32.1 Å². The van der Waals surface area contributed by atoms with E-state index < -0.39 is 0 Å². The van der Waals surface area contributed by atoms with E-state index in [9.17, 15) is 10.1 Å². The van der Waals surface area contributed by atoms with E-state index in [-0.39, 0.29) is 0 Å². The fourth-order valence-corrected chi connectivity index (χ4v) is 2.48. The van der Waals surface area contributed by atoms with Gasteiger partial charge >= 0.3 is 0 Å². The molecular formula is C15H18N2O. The highest BCUT2D eigenvalue weighted by Gasteiger charge is 2.13. The van der Waals surface area contributed by atoms with Crippen molar-refractivity contribution in [1.29, 1.82) is 5.26 Å². The van der Waals surface area contributed by atoms with Crippen molar-refractivity contribution in [3.8, 4) is 6.07 Å². The van der Waals surface area contributed by atoms with Crippen LogP contribution in [0.4, 0.5) is 5.69 Å². The van der Waals surface area contributed by atoms with Crippen molar-refractivity contribution in [1.82, 2.24) is 0 Å². The van der Waals surface area contributed by atoms with Gasteiger partial charge in [-0.05, 0) is 31.0 Å². The topological polar surface area (TPSA) is 44.1 Å². The molecular weight excluding hydrogens is 224 g/mol. The van der Waals surface area contributed by atoms with Crippen molar-refractivity contribution in [3.05, 3.63) is 29.3 Å². The van der Waals surface area contributed by atoms with Gasteiger partial charge in [0.2, 0.25) is 0 Å². The summed E-state index contributed by atoms with van der Waals surface area (Å²) in [6.45, 7) is 2.02. The summed E-state index contributed by atoms with van der Waals surface area (Å²) in [7, 11) is 0. The van der Waals surface area contributed by atoms with Gasteiger partial charge in [-0.1, -0.05) is 19.3 Å². The number of anilines is 1. The quantitative estimate of drug-likeness (QED) is 0.748. The van der Waals surface area contributed by atoms with Crippen molar-refractivity contribution in [2.45, 2.75) is 32.1 Å². The first-order valence-corrected chi connectivity index (χ1v) is 6.59. The Bertz CT molecular complexity index is 454. The molecule has 0 N–H and O–H groups in total. The molecule has 1 aromatic rings. The summed E-state index contributed by atoms with van der Waals surface area (Å²) in [5.41, 5.74) is 2.16. The predicted octanol–water partition coefficient (Wildman–Crippen LogP) is 3.14. The van der Waals surface area contributed by atoms with E-state index in [0.29, 0.717) is 11.1 Å². The highest BCUT2D eigenvalue weighted by atomic mass is 16.1. The summed E-state index contributed by atoms with van der Waals surface area (Å²) in [4.78, 5) is 13.0. The van der Waals surface area contributed by atoms with Gasteiger partial charge in [0.1, 0.15) is 12.4 Å². The smallest absolute Gasteiger partial charge is 0.150 e. The molecule has 3 nitrogen and oxygen atoms in total. The Balaban J connectivity index is 2.25. The van der Waals surface area contributed by atoms with Gasteiger partial charge in [0.05, 0.1) is 11.3 Å². The zero-order chi connectivity index (χ0) is 12.8. The zero-order valence-electron chi connectivity index (χ0n) is 10.6. The first-order chi connectivity index (χ1) is 8.85. The average molecular weight is 242 g/mol. The van der Waals surface area contributed by atoms with E-state index in [4.69, 9.17) is 0 Å². The van der Waals surface area contributed by atoms with Crippen LogP contribution in [0.2, 0.25) is 0 Å². The van der Waals surface area contributed by atoms with Crippen molar-refractivity contribution in [3.63, 3.8) is 0 Å². The molecule has 0 spiro atoms. The molecule has 18 heavy (non-hydrogen) atoms. The van der Waals surface area contributed by atoms with Crippen molar-refractivity contribution in [2.75, 3.05) is 18.0 Å². The number of rotatable bonds is 2. The lowest BCUT2D eigenvalue weighted by Gasteiger charge is -2.27. The molecule has 0 aliphatic carbocycles. The molecule has 3 heteroatoms. The van der Waals surface area contributed by atoms with Crippen molar-refractivity contribution < 1.29 is 4.79 Å². The van der Waals surface area contributed by atoms with Gasteiger partial charge in [0, 0.05) is 18.7 Å². The SMILES string of the molecule is N#Cc1cc(C=O)ccc1N1CCCCCCC1. The molecule has 0 atom stereocenters. The molecule has 94 valence electrons. The normalized spacial score (nSPS) is 16.5. The fourth-order valence-electron chi connectivity index (χ4n) is 2.48. The Morgan fingerprint density at radius 3 is 2.39 bits per heavy atom. The van der Waals surface area contributed by atoms with Crippen LogP contribution in [0.1, 0.15) is 48.0 Å². The first kappa shape index (κ1) is 12.6. The summed E-state index contributed by atoms with van der Waals surface area (Å²) >= 11 is 0. The number of carbonyl (C=O) groups is 1. The Hall–Kier alpha value is -1.82. The van der Waals surface area contributed by atoms with Crippen molar-refractivity contribution in [2.24, 2.45) is 0 Å². The van der Waals surface area contributed by atoms with Crippen LogP contribution in [-0.4, -0.2) is 19.4 Å². The van der Waals surface area contributed by atoms with Gasteiger partial charge in [0.25, 0.3) is 0 Å². The summed E-state index contributed by atoms with van der Waals surface area (Å²) in [6, 6.07) is 7.58. The van der Waals surface area contributed by atoms with E-state index >= 15 is 0 Å². The number of hydrogen-bond acceptors (Lipinski definition) is 3. The molecule has 1 fully saturated rings. The molecule has 1 heterocycles. The standard InChI is InChI=1S/C15H18N2O/c16-11-14-10-13(12-18)6-7-15(14)17-8-4-2-1-3-5-9-17/h6-7,10,12H,1-5,8-9H2. The molecule has 0 bridgehead atoms. The highest BCUT2D eigenvalue weighted by Crippen LogP contribution is 2.23. The van der Waals surface area contributed by atoms with Gasteiger partial charge < -0.3 is 4.90 Å². The molecule has 1 saturated heterocycles. The van der Waals surface area contributed by atoms with Crippen LogP contribution in [0, 0.1) is 11.3 Å². The van der Waals surface area contributed by atoms with Gasteiger partial charge in [-0.25, -0.2) is 0 Å². The Morgan fingerprint density at radius 2 is 1.78 bits per heavy atom. The second-order valence-electron chi connectivity index (χ2n) is 4.76. The van der Waals surface area contributed by atoms with Crippen LogP contribution in [0.5, 0.6) is 0 Å². The molecule has 1 aliphatic rings. The maximum atomic E-state index is 10.7. The lowest BCUT2D eigenvalue weighted by Crippen LogP contribution is -2.27. The fraction of sp³-hybridized carbons (Fsp3) is 0.467. The van der Waals surface area contributed by atoms with Crippen LogP contribution in [0.15, 0.2) is 18.2 Å². The Labute approximate surface area is 108 Å². The summed E-state index contributed by atoms with van der Waals surface area (Å²) in [5, 5.41) is 9.20. The number of carbonyl (C=O) groups excluding carboxylic acids is 1. The highest BCUT2D eigenvalue weighted by molar-refractivity contribution is 5.78. The zero-order valence-corrected chi connectivity index (χ0v) is 10.6. The van der Waals surface area contributed by atoms with Gasteiger partial charge in [0.15, 0.2) is 0 Å². The van der Waals surface area contributed by atoms with Crippen LogP contribution in [0.3, 0.4) is 0 Å². The van der Waals surface area contributed by atoms with E-state index in [1.807, 2.05) is 6.07 Å². The number of nitrogens with zero attached hydrogens (tertiary/aromatic N) is 2. The number of benzene rings is 1. The minimum Gasteiger partial charge on any atom is -0.370 e. The van der Waals surface area contributed by atoms with Crippen LogP contribution in [0.25, 0.3) is 0 Å². The first-order valence-electron chi connectivity index (χ1n) is 6.59. The molecule has 1 aromatic carbocycles. The van der Waals surface area contributed by atoms with E-state index in [0.717, 1.165) is 25.1 Å². The lowest BCUT2D eigenvalue weighted by atomic mass is 10.1. The minimum absolute atomic E-state index is 0.572. The summed E-state index contributed by atoms with van der Waals surface area (Å²) in [5.74, 6) is 0. The third kappa shape index (κ3) is 2.89. The second kappa shape index (κ2) is 6.20. The molecule has 0 unspecified atom stereocenters. The molecule has 0 saturated carbocycles. The maximum Gasteiger partial charge on any atom is 0.150 e. The van der Waals surface area contributed by atoms with Crippen LogP contribution in [-0.2, 0) is 0 Å². The Kier molecular flexibility index (Phi) is 4.35. The minimum atomic E-state index is 0.572. The van der Waals surface area contributed by atoms with Gasteiger partial charge in [-0.15, -0.1) is 0 Å². The summed E-state index contributed by atoms with van der Waals surface area (Å²) < 4.78 is 0. The molecule has 0 amide bonds. The third-order valence-corrected chi connectivity index (χ3v) is 3.47. The van der Waals surface area contributed by atoms with Crippen LogP contribution >= 0.6 is 0 Å². The molecule has 2 rings (SSSR count). The number of aldehydes is 1. The van der Waals surface area contributed by atoms with E-state index in [2.05, 4.69) is 11.0 Å². The summed E-state index contributed by atoms with van der Waals surface area (Å²) in [6.07, 6.45) is 7.01. The number of hydrogen-bond donors (Lipinski definition) is 0. The van der Waals surface area contributed by atoms with E-state index in [1.54, 1.807) is 12.1 Å². The molecule has 0 radical (unpaired) electrons.